The monoisotopic (exact) mass is 412 g/mol. The molecule has 170 valence electrons. The number of aliphatic hydroxyl groups is 1. The number of rotatable bonds is 5. The predicted octanol–water partition coefficient (Wildman–Crippen LogP) is 8.09. The minimum Gasteiger partial charge on any atom is -0.393 e. The van der Waals surface area contributed by atoms with Crippen molar-refractivity contribution in [3.05, 3.63) is 23.3 Å². The molecule has 0 amide bonds. The van der Waals surface area contributed by atoms with E-state index >= 15 is 0 Å². The van der Waals surface area contributed by atoms with Crippen molar-refractivity contribution in [3.8, 4) is 0 Å². The first kappa shape index (κ1) is 22.6. The molecule has 4 rings (SSSR count). The van der Waals surface area contributed by atoms with Gasteiger partial charge in [0.2, 0.25) is 0 Å². The Balaban J connectivity index is 1.56. The zero-order valence-electron chi connectivity index (χ0n) is 20.6. The lowest BCUT2D eigenvalue weighted by molar-refractivity contribution is 0.101. The number of allylic oxidation sites excluding steroid dienone is 4. The van der Waals surface area contributed by atoms with Crippen molar-refractivity contribution < 1.29 is 5.11 Å². The van der Waals surface area contributed by atoms with E-state index in [1.54, 1.807) is 11.1 Å². The van der Waals surface area contributed by atoms with Gasteiger partial charge < -0.3 is 5.11 Å². The molecule has 3 saturated carbocycles. The third-order valence-electron chi connectivity index (χ3n) is 10.4. The highest BCUT2D eigenvalue weighted by Crippen LogP contribution is 2.63. The van der Waals surface area contributed by atoms with Crippen LogP contribution < -0.4 is 0 Å². The maximum Gasteiger partial charge on any atom is 0.0543 e. The van der Waals surface area contributed by atoms with Crippen LogP contribution in [-0.4, -0.2) is 11.2 Å². The fourth-order valence-electron chi connectivity index (χ4n) is 8.29. The molecule has 30 heavy (non-hydrogen) atoms. The summed E-state index contributed by atoms with van der Waals surface area (Å²) in [7, 11) is 0. The van der Waals surface area contributed by atoms with Crippen LogP contribution in [-0.2, 0) is 0 Å². The van der Waals surface area contributed by atoms with E-state index in [2.05, 4.69) is 46.8 Å². The highest BCUT2D eigenvalue weighted by atomic mass is 16.3. The molecule has 7 atom stereocenters. The second-order valence-corrected chi connectivity index (χ2v) is 12.6. The van der Waals surface area contributed by atoms with Gasteiger partial charge in [-0.1, -0.05) is 77.2 Å². The molecule has 0 aromatic carbocycles. The van der Waals surface area contributed by atoms with E-state index in [4.69, 9.17) is 0 Å². The predicted molar refractivity (Wildman–Crippen MR) is 128 cm³/mol. The lowest BCUT2D eigenvalue weighted by Crippen LogP contribution is -2.33. The van der Waals surface area contributed by atoms with Gasteiger partial charge in [0.25, 0.3) is 0 Å². The molecule has 0 radical (unpaired) electrons. The Morgan fingerprint density at radius 3 is 2.53 bits per heavy atom. The lowest BCUT2D eigenvalue weighted by Gasteiger charge is -2.41. The van der Waals surface area contributed by atoms with Gasteiger partial charge in [0.1, 0.15) is 0 Å². The molecular weight excluding hydrogens is 364 g/mol. The number of hydrogen-bond donors (Lipinski definition) is 1. The minimum atomic E-state index is -0.0863. The molecule has 0 aliphatic heterocycles. The van der Waals surface area contributed by atoms with Gasteiger partial charge in [-0.15, -0.1) is 0 Å². The summed E-state index contributed by atoms with van der Waals surface area (Å²) in [5, 5.41) is 10.3. The number of hydrogen-bond acceptors (Lipinski definition) is 1. The second-order valence-electron chi connectivity index (χ2n) is 12.6. The molecule has 4 aliphatic rings. The number of fused-ring (bicyclic) bond motifs is 6. The third kappa shape index (κ3) is 4.10. The Labute approximate surface area is 186 Å². The first-order valence-electron chi connectivity index (χ1n) is 13.3. The zero-order valence-corrected chi connectivity index (χ0v) is 20.6. The van der Waals surface area contributed by atoms with Crippen LogP contribution in [0.2, 0.25) is 0 Å². The molecule has 0 aromatic rings. The Hall–Kier alpha value is -0.560. The van der Waals surface area contributed by atoms with Crippen LogP contribution in [0.5, 0.6) is 0 Å². The molecule has 1 heteroatoms. The SMILES string of the molecule is CC(C)CCCC(C)C1CCC2C3=CC=C4CCC(O)CCC4(C)C(CCC21C)C3. The van der Waals surface area contributed by atoms with Gasteiger partial charge in [0, 0.05) is 0 Å². The summed E-state index contributed by atoms with van der Waals surface area (Å²) in [5.41, 5.74) is 4.26. The first-order valence-corrected chi connectivity index (χ1v) is 13.3. The van der Waals surface area contributed by atoms with Crippen molar-refractivity contribution in [1.29, 1.82) is 0 Å². The molecule has 0 aromatic heterocycles. The molecule has 0 saturated heterocycles. The second kappa shape index (κ2) is 8.76. The van der Waals surface area contributed by atoms with Gasteiger partial charge in [0.05, 0.1) is 6.10 Å². The molecule has 0 spiro atoms. The quantitative estimate of drug-likeness (QED) is 0.483. The summed E-state index contributed by atoms with van der Waals surface area (Å²) < 4.78 is 0. The van der Waals surface area contributed by atoms with Crippen molar-refractivity contribution >= 4 is 0 Å². The van der Waals surface area contributed by atoms with Gasteiger partial charge in [-0.05, 0) is 98.2 Å². The standard InChI is InChI=1S/C29H48O/c1-20(2)7-6-8-21(3)26-13-14-27-22-9-10-23-11-12-25(30)16-18-28(23,4)24(19-22)15-17-29(26,27)5/h9-10,20-21,24-27,30H,6-8,11-19H2,1-5H3. The van der Waals surface area contributed by atoms with Crippen LogP contribution in [0.4, 0.5) is 0 Å². The molecule has 1 N–H and O–H groups in total. The highest BCUT2D eigenvalue weighted by molar-refractivity contribution is 5.32. The lowest BCUT2D eigenvalue weighted by atomic mass is 9.63. The van der Waals surface area contributed by atoms with Gasteiger partial charge in [0.15, 0.2) is 0 Å². The average molecular weight is 413 g/mol. The molecular formula is C29H48O. The van der Waals surface area contributed by atoms with Crippen molar-refractivity contribution in [2.45, 2.75) is 118 Å². The van der Waals surface area contributed by atoms with Crippen LogP contribution in [0.15, 0.2) is 23.3 Å². The van der Waals surface area contributed by atoms with Crippen molar-refractivity contribution in [3.63, 3.8) is 0 Å². The minimum absolute atomic E-state index is 0.0863. The summed E-state index contributed by atoms with van der Waals surface area (Å²) >= 11 is 0. The van der Waals surface area contributed by atoms with E-state index in [1.807, 2.05) is 0 Å². The Kier molecular flexibility index (Phi) is 6.61. The highest BCUT2D eigenvalue weighted by Gasteiger charge is 2.53. The Morgan fingerprint density at radius 2 is 1.77 bits per heavy atom. The van der Waals surface area contributed by atoms with Crippen molar-refractivity contribution in [2.75, 3.05) is 0 Å². The van der Waals surface area contributed by atoms with E-state index in [9.17, 15) is 5.11 Å². The summed E-state index contributed by atoms with van der Waals surface area (Å²) in [6, 6.07) is 0. The van der Waals surface area contributed by atoms with Crippen molar-refractivity contribution in [2.24, 2.45) is 40.4 Å². The topological polar surface area (TPSA) is 20.2 Å². The smallest absolute Gasteiger partial charge is 0.0543 e. The molecule has 1 nitrogen and oxygen atoms in total. The van der Waals surface area contributed by atoms with Gasteiger partial charge >= 0.3 is 0 Å². The van der Waals surface area contributed by atoms with E-state index in [0.29, 0.717) is 10.8 Å². The normalized spacial score (nSPS) is 42.4. The van der Waals surface area contributed by atoms with E-state index in [0.717, 1.165) is 48.9 Å². The maximum absolute atomic E-state index is 10.3. The van der Waals surface area contributed by atoms with Crippen LogP contribution in [0.1, 0.15) is 112 Å². The molecule has 2 bridgehead atoms. The van der Waals surface area contributed by atoms with Crippen LogP contribution in [0, 0.1) is 40.4 Å². The summed E-state index contributed by atoms with van der Waals surface area (Å²) in [6.45, 7) is 12.5. The molecule has 7 unspecified atom stereocenters. The Bertz CT molecular complexity index is 672. The summed E-state index contributed by atoms with van der Waals surface area (Å²) in [5.74, 6) is 4.21. The largest absolute Gasteiger partial charge is 0.393 e. The van der Waals surface area contributed by atoms with Gasteiger partial charge in [-0.25, -0.2) is 0 Å². The van der Waals surface area contributed by atoms with E-state index < -0.39 is 0 Å². The third-order valence-corrected chi connectivity index (χ3v) is 10.4. The summed E-state index contributed by atoms with van der Waals surface area (Å²) in [6.07, 6.45) is 20.5. The molecule has 0 heterocycles. The molecule has 4 aliphatic carbocycles. The zero-order chi connectivity index (χ0) is 21.5. The van der Waals surface area contributed by atoms with Crippen LogP contribution in [0.25, 0.3) is 0 Å². The number of aliphatic hydroxyl groups excluding tert-OH is 1. The average Bonchev–Trinajstić information content (AvgIpc) is 2.77. The first-order chi connectivity index (χ1) is 14.2. The molecule has 3 fully saturated rings. The van der Waals surface area contributed by atoms with Gasteiger partial charge in [-0.2, -0.15) is 0 Å². The van der Waals surface area contributed by atoms with E-state index in [-0.39, 0.29) is 6.10 Å². The maximum atomic E-state index is 10.3. The van der Waals surface area contributed by atoms with Crippen LogP contribution >= 0.6 is 0 Å². The van der Waals surface area contributed by atoms with Crippen molar-refractivity contribution in [1.82, 2.24) is 0 Å². The Morgan fingerprint density at radius 1 is 0.967 bits per heavy atom. The fourth-order valence-corrected chi connectivity index (χ4v) is 8.29. The van der Waals surface area contributed by atoms with E-state index in [1.165, 1.54) is 57.8 Å². The fraction of sp³-hybridized carbons (Fsp3) is 0.862. The van der Waals surface area contributed by atoms with Gasteiger partial charge in [-0.3, -0.25) is 0 Å². The van der Waals surface area contributed by atoms with Crippen LogP contribution in [0.3, 0.4) is 0 Å². The summed E-state index contributed by atoms with van der Waals surface area (Å²) in [4.78, 5) is 0.